The van der Waals surface area contributed by atoms with Crippen LogP contribution in [0.3, 0.4) is 0 Å². The first-order valence-electron chi connectivity index (χ1n) is 3.18. The van der Waals surface area contributed by atoms with E-state index in [4.69, 9.17) is 10.2 Å². The molecule has 3 heteroatoms. The quantitative estimate of drug-likeness (QED) is 0.525. The van der Waals surface area contributed by atoms with Gasteiger partial charge in [-0.1, -0.05) is 13.3 Å². The molecule has 0 saturated heterocycles. The number of hydrogen-bond donors (Lipinski definition) is 2. The van der Waals surface area contributed by atoms with Crippen molar-refractivity contribution < 1.29 is 14.9 Å². The minimum atomic E-state index is -0.415. The largest absolute Gasteiger partial charge is 0.391 e. The fourth-order valence-corrected chi connectivity index (χ4v) is 0.605. The third-order valence-corrected chi connectivity index (χ3v) is 1.02. The van der Waals surface area contributed by atoms with Crippen molar-refractivity contribution in [3.63, 3.8) is 0 Å². The first-order valence-corrected chi connectivity index (χ1v) is 3.18. The Labute approximate surface area is 55.3 Å². The third kappa shape index (κ3) is 5.76. The van der Waals surface area contributed by atoms with Gasteiger partial charge in [0, 0.05) is 0 Å². The number of aliphatic hydroxyl groups excluding tert-OH is 2. The molecule has 0 aliphatic carbocycles. The number of rotatable bonds is 5. The maximum atomic E-state index is 8.94. The van der Waals surface area contributed by atoms with Gasteiger partial charge in [-0.05, 0) is 6.42 Å². The molecule has 0 aliphatic heterocycles. The van der Waals surface area contributed by atoms with Crippen molar-refractivity contribution in [3.05, 3.63) is 0 Å². The molecule has 0 fully saturated rings. The van der Waals surface area contributed by atoms with Crippen LogP contribution in [0.1, 0.15) is 19.8 Å². The predicted octanol–water partition coefficient (Wildman–Crippen LogP) is 0.114. The zero-order valence-electron chi connectivity index (χ0n) is 5.71. The van der Waals surface area contributed by atoms with Gasteiger partial charge in [-0.2, -0.15) is 0 Å². The summed E-state index contributed by atoms with van der Waals surface area (Å²) >= 11 is 0. The molecule has 0 aromatic carbocycles. The molecule has 0 bridgehead atoms. The maximum absolute atomic E-state index is 8.94. The van der Waals surface area contributed by atoms with Gasteiger partial charge in [-0.3, -0.25) is 0 Å². The van der Waals surface area contributed by atoms with Crippen LogP contribution >= 0.6 is 0 Å². The van der Waals surface area contributed by atoms with Gasteiger partial charge in [0.25, 0.3) is 0 Å². The van der Waals surface area contributed by atoms with Crippen molar-refractivity contribution in [3.8, 4) is 0 Å². The van der Waals surface area contributed by atoms with E-state index >= 15 is 0 Å². The Hall–Kier alpha value is -0.120. The van der Waals surface area contributed by atoms with Crippen LogP contribution in [0.5, 0.6) is 0 Å². The van der Waals surface area contributed by atoms with Crippen LogP contribution in [-0.2, 0) is 4.74 Å². The van der Waals surface area contributed by atoms with E-state index in [-0.39, 0.29) is 13.4 Å². The molecule has 1 atom stereocenters. The van der Waals surface area contributed by atoms with E-state index in [0.717, 1.165) is 12.8 Å². The molecule has 0 radical (unpaired) electrons. The summed E-state index contributed by atoms with van der Waals surface area (Å²) in [7, 11) is 0. The van der Waals surface area contributed by atoms with Crippen molar-refractivity contribution in [1.82, 2.24) is 0 Å². The Kier molecular flexibility index (Phi) is 5.93. The van der Waals surface area contributed by atoms with E-state index in [2.05, 4.69) is 4.74 Å². The third-order valence-electron chi connectivity index (χ3n) is 1.02. The highest BCUT2D eigenvalue weighted by Crippen LogP contribution is 1.95. The molecule has 0 rings (SSSR count). The monoisotopic (exact) mass is 134 g/mol. The van der Waals surface area contributed by atoms with Crippen molar-refractivity contribution in [1.29, 1.82) is 0 Å². The lowest BCUT2D eigenvalue weighted by molar-refractivity contribution is -0.0431. The Bertz CT molecular complexity index is 56.3. The number of aliphatic hydroxyl groups is 2. The number of ether oxygens (including phenoxy) is 1. The molecule has 56 valence electrons. The van der Waals surface area contributed by atoms with Gasteiger partial charge >= 0.3 is 0 Å². The average molecular weight is 134 g/mol. The van der Waals surface area contributed by atoms with Gasteiger partial charge in [-0.15, -0.1) is 0 Å². The highest BCUT2D eigenvalue weighted by molar-refractivity contribution is 4.50. The van der Waals surface area contributed by atoms with Crippen LogP contribution in [0, 0.1) is 0 Å². The van der Waals surface area contributed by atoms with Gasteiger partial charge in [0.15, 0.2) is 0 Å². The smallest absolute Gasteiger partial charge is 0.143 e. The van der Waals surface area contributed by atoms with Gasteiger partial charge in [-0.25, -0.2) is 0 Å². The molecule has 0 aromatic rings. The molecule has 0 saturated carbocycles. The zero-order valence-corrected chi connectivity index (χ0v) is 5.71. The summed E-state index contributed by atoms with van der Waals surface area (Å²) in [4.78, 5) is 0. The molecular weight excluding hydrogens is 120 g/mol. The fourth-order valence-electron chi connectivity index (χ4n) is 0.605. The van der Waals surface area contributed by atoms with Crippen molar-refractivity contribution >= 4 is 0 Å². The Morgan fingerprint density at radius 3 is 2.67 bits per heavy atom. The fraction of sp³-hybridized carbons (Fsp3) is 1.00. The molecule has 0 amide bonds. The van der Waals surface area contributed by atoms with E-state index < -0.39 is 6.10 Å². The summed E-state index contributed by atoms with van der Waals surface area (Å²) < 4.78 is 4.55. The van der Waals surface area contributed by atoms with Crippen LogP contribution in [0.2, 0.25) is 0 Å². The highest BCUT2D eigenvalue weighted by Gasteiger charge is 1.99. The lowest BCUT2D eigenvalue weighted by Gasteiger charge is -2.06. The molecule has 3 nitrogen and oxygen atoms in total. The predicted molar refractivity (Wildman–Crippen MR) is 34.0 cm³/mol. The van der Waals surface area contributed by atoms with Crippen LogP contribution in [0.15, 0.2) is 0 Å². The van der Waals surface area contributed by atoms with Gasteiger partial charge < -0.3 is 14.9 Å². The highest BCUT2D eigenvalue weighted by atomic mass is 16.6. The van der Waals surface area contributed by atoms with Crippen LogP contribution in [0.25, 0.3) is 0 Å². The maximum Gasteiger partial charge on any atom is 0.143 e. The average Bonchev–Trinajstić information content (AvgIpc) is 1.85. The molecule has 1 unspecified atom stereocenters. The Morgan fingerprint density at radius 2 is 2.22 bits per heavy atom. The second kappa shape index (κ2) is 6.01. The van der Waals surface area contributed by atoms with Crippen LogP contribution in [0.4, 0.5) is 0 Å². The van der Waals surface area contributed by atoms with E-state index in [9.17, 15) is 0 Å². The van der Waals surface area contributed by atoms with E-state index in [1.54, 1.807) is 0 Å². The summed E-state index contributed by atoms with van der Waals surface area (Å²) in [6.07, 6.45) is 1.26. The normalized spacial score (nSPS) is 13.7. The zero-order chi connectivity index (χ0) is 7.11. The lowest BCUT2D eigenvalue weighted by Crippen LogP contribution is -2.14. The molecule has 0 heterocycles. The number of hydrogen-bond acceptors (Lipinski definition) is 3. The van der Waals surface area contributed by atoms with E-state index in [1.165, 1.54) is 0 Å². The van der Waals surface area contributed by atoms with Crippen LogP contribution < -0.4 is 0 Å². The van der Waals surface area contributed by atoms with Gasteiger partial charge in [0.2, 0.25) is 0 Å². The van der Waals surface area contributed by atoms with Crippen molar-refractivity contribution in [2.45, 2.75) is 25.9 Å². The van der Waals surface area contributed by atoms with Crippen LogP contribution in [-0.4, -0.2) is 29.7 Å². The van der Waals surface area contributed by atoms with Gasteiger partial charge in [0.05, 0.1) is 12.7 Å². The lowest BCUT2D eigenvalue weighted by atomic mass is 10.2. The Balaban J connectivity index is 2.95. The summed E-state index contributed by atoms with van der Waals surface area (Å²) in [5.41, 5.74) is 0. The first kappa shape index (κ1) is 8.88. The van der Waals surface area contributed by atoms with E-state index in [0.29, 0.717) is 0 Å². The SMILES string of the molecule is CCCC(O)COCO. The summed E-state index contributed by atoms with van der Waals surface area (Å²) in [5.74, 6) is 0. The van der Waals surface area contributed by atoms with Crippen molar-refractivity contribution in [2.75, 3.05) is 13.4 Å². The molecule has 9 heavy (non-hydrogen) atoms. The van der Waals surface area contributed by atoms with E-state index in [1.807, 2.05) is 6.92 Å². The molecule has 0 spiro atoms. The summed E-state index contributed by atoms with van der Waals surface area (Å²) in [6.45, 7) is 1.92. The molecule has 0 aliphatic rings. The second-order valence-corrected chi connectivity index (χ2v) is 1.94. The van der Waals surface area contributed by atoms with Crippen molar-refractivity contribution in [2.24, 2.45) is 0 Å². The summed E-state index contributed by atoms with van der Waals surface area (Å²) in [6, 6.07) is 0. The summed E-state index contributed by atoms with van der Waals surface area (Å²) in [5, 5.41) is 17.1. The second-order valence-electron chi connectivity index (χ2n) is 1.94. The first-order chi connectivity index (χ1) is 4.31. The molecular formula is C6H14O3. The molecule has 2 N–H and O–H groups in total. The molecule has 0 aromatic heterocycles. The standard InChI is InChI=1S/C6H14O3/c1-2-3-6(8)4-9-5-7/h6-8H,2-5H2,1H3. The van der Waals surface area contributed by atoms with Gasteiger partial charge in [0.1, 0.15) is 6.79 Å². The minimum absolute atomic E-state index is 0.240. The Morgan fingerprint density at radius 1 is 1.56 bits per heavy atom. The topological polar surface area (TPSA) is 49.7 Å². The minimum Gasteiger partial charge on any atom is -0.391 e.